The van der Waals surface area contributed by atoms with Gasteiger partial charge in [-0.2, -0.15) is 0 Å². The van der Waals surface area contributed by atoms with Crippen LogP contribution in [0.5, 0.6) is 0 Å². The lowest BCUT2D eigenvalue weighted by atomic mass is 10.1. The van der Waals surface area contributed by atoms with E-state index >= 15 is 0 Å². The van der Waals surface area contributed by atoms with Gasteiger partial charge >= 0.3 is 5.97 Å². The van der Waals surface area contributed by atoms with Crippen molar-refractivity contribution < 1.29 is 19.5 Å². The lowest BCUT2D eigenvalue weighted by molar-refractivity contribution is -0.139. The Balaban J connectivity index is 2.04. The van der Waals surface area contributed by atoms with Gasteiger partial charge < -0.3 is 15.7 Å². The van der Waals surface area contributed by atoms with E-state index in [0.29, 0.717) is 44.2 Å². The van der Waals surface area contributed by atoms with E-state index in [0.717, 1.165) is 38.5 Å². The third kappa shape index (κ3) is 20.6. The molecule has 222 valence electrons. The zero-order valence-corrected chi connectivity index (χ0v) is 24.5. The SMILES string of the molecule is CC/C=C\C/C=C\C/C=C\C/C=C\C/C=C\C/C=C\CCC(=O)NCCCCC(NC(=O)c1ccccc1)C(=O)O. The third-order valence-electron chi connectivity index (χ3n) is 6.02. The molecule has 0 aliphatic carbocycles. The topological polar surface area (TPSA) is 95.5 Å². The fraction of sp³-hybridized carbons (Fsp3) is 0.400. The summed E-state index contributed by atoms with van der Waals surface area (Å²) in [5, 5.41) is 14.8. The van der Waals surface area contributed by atoms with Crippen LogP contribution in [0, 0.1) is 0 Å². The van der Waals surface area contributed by atoms with E-state index in [9.17, 15) is 19.5 Å². The molecule has 2 amide bonds. The van der Waals surface area contributed by atoms with Gasteiger partial charge in [0.15, 0.2) is 0 Å². The molecule has 0 aliphatic rings. The average Bonchev–Trinajstić information content (AvgIpc) is 2.97. The maximum absolute atomic E-state index is 12.2. The molecule has 41 heavy (non-hydrogen) atoms. The number of carboxylic acids is 1. The van der Waals surface area contributed by atoms with E-state index in [1.54, 1.807) is 30.3 Å². The van der Waals surface area contributed by atoms with Gasteiger partial charge in [0, 0.05) is 18.5 Å². The van der Waals surface area contributed by atoms with Crippen molar-refractivity contribution in [1.29, 1.82) is 0 Å². The van der Waals surface area contributed by atoms with Gasteiger partial charge in [-0.1, -0.05) is 98.0 Å². The first kappa shape index (κ1) is 35.1. The van der Waals surface area contributed by atoms with Crippen molar-refractivity contribution in [2.75, 3.05) is 6.54 Å². The van der Waals surface area contributed by atoms with Crippen LogP contribution in [0.1, 0.15) is 87.9 Å². The predicted octanol–water partition coefficient (Wildman–Crippen LogP) is 7.63. The number of nitrogens with one attached hydrogen (secondary N) is 2. The maximum atomic E-state index is 12.2. The number of hydrogen-bond donors (Lipinski definition) is 3. The first-order chi connectivity index (χ1) is 20.0. The highest BCUT2D eigenvalue weighted by Gasteiger charge is 2.20. The number of carboxylic acid groups (broad SMARTS) is 1. The van der Waals surface area contributed by atoms with E-state index in [-0.39, 0.29) is 5.91 Å². The number of carbonyl (C=O) groups is 3. The van der Waals surface area contributed by atoms with Gasteiger partial charge in [-0.25, -0.2) is 4.79 Å². The summed E-state index contributed by atoms with van der Waals surface area (Å²) in [6, 6.07) is 7.59. The molecule has 6 nitrogen and oxygen atoms in total. The number of hydrogen-bond acceptors (Lipinski definition) is 3. The molecule has 3 N–H and O–H groups in total. The summed E-state index contributed by atoms with van der Waals surface area (Å²) in [5.41, 5.74) is 0.429. The Morgan fingerprint density at radius 2 is 1.24 bits per heavy atom. The minimum Gasteiger partial charge on any atom is -0.480 e. The molecule has 0 fully saturated rings. The van der Waals surface area contributed by atoms with Gasteiger partial charge in [-0.05, 0) is 76.3 Å². The fourth-order valence-electron chi connectivity index (χ4n) is 3.73. The zero-order chi connectivity index (χ0) is 29.8. The largest absolute Gasteiger partial charge is 0.480 e. The monoisotopic (exact) mass is 560 g/mol. The molecule has 1 aromatic rings. The van der Waals surface area contributed by atoms with Crippen molar-refractivity contribution in [2.45, 2.75) is 83.6 Å². The van der Waals surface area contributed by atoms with E-state index in [1.807, 2.05) is 6.08 Å². The predicted molar refractivity (Wildman–Crippen MR) is 170 cm³/mol. The van der Waals surface area contributed by atoms with Gasteiger partial charge in [-0.15, -0.1) is 0 Å². The Kier molecular flexibility index (Phi) is 21.5. The molecule has 0 bridgehead atoms. The molecule has 0 heterocycles. The van der Waals surface area contributed by atoms with Crippen LogP contribution in [0.3, 0.4) is 0 Å². The second-order valence-electron chi connectivity index (χ2n) is 9.53. The molecule has 1 rings (SSSR count). The Hall–Kier alpha value is -3.93. The Morgan fingerprint density at radius 3 is 1.76 bits per heavy atom. The summed E-state index contributed by atoms with van der Waals surface area (Å²) in [6.07, 6.45) is 34.3. The van der Waals surface area contributed by atoms with E-state index < -0.39 is 17.9 Å². The molecule has 0 radical (unpaired) electrons. The van der Waals surface area contributed by atoms with Crippen LogP contribution < -0.4 is 10.6 Å². The molecule has 0 aromatic heterocycles. The molecule has 0 spiro atoms. The number of benzene rings is 1. The lowest BCUT2D eigenvalue weighted by Crippen LogP contribution is -2.40. The summed E-state index contributed by atoms with van der Waals surface area (Å²) in [4.78, 5) is 35.7. The molecular weight excluding hydrogens is 512 g/mol. The van der Waals surface area contributed by atoms with Crippen LogP contribution in [0.2, 0.25) is 0 Å². The molecule has 0 saturated heterocycles. The Labute approximate surface area is 246 Å². The number of amides is 2. The quantitative estimate of drug-likeness (QED) is 0.100. The summed E-state index contributed by atoms with van der Waals surface area (Å²) in [7, 11) is 0. The van der Waals surface area contributed by atoms with Crippen molar-refractivity contribution in [3.63, 3.8) is 0 Å². The maximum Gasteiger partial charge on any atom is 0.326 e. The highest BCUT2D eigenvalue weighted by atomic mass is 16.4. The summed E-state index contributed by atoms with van der Waals surface area (Å²) < 4.78 is 0. The lowest BCUT2D eigenvalue weighted by Gasteiger charge is -2.14. The van der Waals surface area contributed by atoms with E-state index in [2.05, 4.69) is 84.4 Å². The number of aliphatic carboxylic acids is 1. The molecular formula is C35H48N2O4. The zero-order valence-electron chi connectivity index (χ0n) is 24.5. The normalized spacial score (nSPS) is 12.9. The van der Waals surface area contributed by atoms with Crippen LogP contribution in [0.4, 0.5) is 0 Å². The van der Waals surface area contributed by atoms with Crippen LogP contribution in [-0.4, -0.2) is 35.5 Å². The van der Waals surface area contributed by atoms with Gasteiger partial charge in [0.25, 0.3) is 5.91 Å². The van der Waals surface area contributed by atoms with Crippen molar-refractivity contribution in [3.8, 4) is 0 Å². The first-order valence-electron chi connectivity index (χ1n) is 14.8. The smallest absolute Gasteiger partial charge is 0.326 e. The third-order valence-corrected chi connectivity index (χ3v) is 6.02. The average molecular weight is 561 g/mol. The molecule has 1 aromatic carbocycles. The number of rotatable bonds is 22. The highest BCUT2D eigenvalue weighted by molar-refractivity contribution is 5.96. The van der Waals surface area contributed by atoms with E-state index in [4.69, 9.17) is 0 Å². The van der Waals surface area contributed by atoms with Crippen LogP contribution in [-0.2, 0) is 9.59 Å². The van der Waals surface area contributed by atoms with Crippen LogP contribution in [0.25, 0.3) is 0 Å². The standard InChI is InChI=1S/C35H48N2O4/c1-2-3-4-5-6-7-8-9-10-11-12-13-14-15-16-17-18-19-23-29-33(38)36-30-25-24-28-32(35(40)41)37-34(39)31-26-21-20-22-27-31/h3-4,6-7,9-10,12-13,15-16,18-22,26-27,32H,2,5,8,11,14,17,23-25,28-30H2,1H3,(H,36,38)(H,37,39)(H,40,41)/b4-3-,7-6-,10-9-,13-12-,16-15-,19-18-. The molecule has 0 aliphatic heterocycles. The Morgan fingerprint density at radius 1 is 0.732 bits per heavy atom. The second-order valence-corrected chi connectivity index (χ2v) is 9.53. The summed E-state index contributed by atoms with van der Waals surface area (Å²) >= 11 is 0. The fourth-order valence-corrected chi connectivity index (χ4v) is 3.73. The van der Waals surface area contributed by atoms with Crippen molar-refractivity contribution in [2.24, 2.45) is 0 Å². The molecule has 0 saturated carbocycles. The highest BCUT2D eigenvalue weighted by Crippen LogP contribution is 2.05. The van der Waals surface area contributed by atoms with E-state index in [1.165, 1.54) is 0 Å². The van der Waals surface area contributed by atoms with Crippen LogP contribution in [0.15, 0.2) is 103 Å². The second kappa shape index (κ2) is 25.1. The minimum atomic E-state index is -1.06. The molecule has 1 unspecified atom stereocenters. The van der Waals surface area contributed by atoms with Crippen molar-refractivity contribution in [3.05, 3.63) is 109 Å². The van der Waals surface area contributed by atoms with Gasteiger partial charge in [0.1, 0.15) is 6.04 Å². The summed E-state index contributed by atoms with van der Waals surface area (Å²) in [5.74, 6) is -1.48. The summed E-state index contributed by atoms with van der Waals surface area (Å²) in [6.45, 7) is 2.63. The number of carbonyl (C=O) groups excluding carboxylic acids is 2. The van der Waals surface area contributed by atoms with Gasteiger partial charge in [0.05, 0.1) is 0 Å². The minimum absolute atomic E-state index is 0.0170. The van der Waals surface area contributed by atoms with Gasteiger partial charge in [-0.3, -0.25) is 9.59 Å². The molecule has 6 heteroatoms. The van der Waals surface area contributed by atoms with Gasteiger partial charge in [0.2, 0.25) is 5.91 Å². The first-order valence-corrected chi connectivity index (χ1v) is 14.8. The van der Waals surface area contributed by atoms with Crippen molar-refractivity contribution >= 4 is 17.8 Å². The Bertz CT molecular complexity index is 1040. The van der Waals surface area contributed by atoms with Crippen LogP contribution >= 0.6 is 0 Å². The van der Waals surface area contributed by atoms with Crippen molar-refractivity contribution in [1.82, 2.24) is 10.6 Å². The molecule has 1 atom stereocenters. The number of allylic oxidation sites excluding steroid dienone is 12. The number of unbranched alkanes of at least 4 members (excludes halogenated alkanes) is 1.